The Kier molecular flexibility index (Phi) is 5.44. The van der Waals surface area contributed by atoms with Crippen molar-refractivity contribution in [3.05, 3.63) is 29.6 Å². The van der Waals surface area contributed by atoms with Crippen LogP contribution in [0.5, 0.6) is 5.75 Å². The maximum absolute atomic E-state index is 13.0. The van der Waals surface area contributed by atoms with Gasteiger partial charge in [-0.05, 0) is 32.2 Å². The summed E-state index contributed by atoms with van der Waals surface area (Å²) in [5, 5.41) is 12.1. The van der Waals surface area contributed by atoms with Crippen LogP contribution in [0.4, 0.5) is 4.39 Å². The summed E-state index contributed by atoms with van der Waals surface area (Å²) in [5.41, 5.74) is -0.0808. The van der Waals surface area contributed by atoms with Crippen LogP contribution in [-0.4, -0.2) is 48.4 Å². The summed E-state index contributed by atoms with van der Waals surface area (Å²) in [6, 6.07) is 3.19. The average Bonchev–Trinajstić information content (AvgIpc) is 2.32. The largest absolute Gasteiger partial charge is 0.507 e. The van der Waals surface area contributed by atoms with Crippen molar-refractivity contribution < 1.29 is 19.1 Å². The van der Waals surface area contributed by atoms with Gasteiger partial charge in [-0.2, -0.15) is 0 Å². The fourth-order valence-corrected chi connectivity index (χ4v) is 1.62. The number of likely N-dealkylation sites (N-methyl/N-ethyl adjacent to an activating group) is 2. The van der Waals surface area contributed by atoms with Crippen LogP contribution in [0.25, 0.3) is 0 Å². The quantitative estimate of drug-likeness (QED) is 0.748. The molecule has 0 fully saturated rings. The molecule has 0 aromatic heterocycles. The molecule has 0 aliphatic carbocycles. The van der Waals surface area contributed by atoms with Gasteiger partial charge in [0.2, 0.25) is 5.91 Å². The van der Waals surface area contributed by atoms with Crippen molar-refractivity contribution in [2.75, 3.05) is 26.7 Å². The first-order valence-electron chi connectivity index (χ1n) is 5.91. The maximum atomic E-state index is 13.0. The second kappa shape index (κ2) is 6.84. The summed E-state index contributed by atoms with van der Waals surface area (Å²) in [5.74, 6) is -1.49. The second-order valence-electron chi connectivity index (χ2n) is 4.21. The number of carbonyl (C=O) groups is 2. The van der Waals surface area contributed by atoms with Gasteiger partial charge >= 0.3 is 0 Å². The number of Topliss-reactive ketones (excluding diaryl/α,β-unsaturated/α-hetero) is 1. The van der Waals surface area contributed by atoms with E-state index in [1.54, 1.807) is 14.0 Å². The van der Waals surface area contributed by atoms with Crippen LogP contribution in [0.1, 0.15) is 17.3 Å². The zero-order chi connectivity index (χ0) is 14.4. The third kappa shape index (κ3) is 4.67. The number of halogens is 1. The number of nitrogens with one attached hydrogen (secondary N) is 1. The highest BCUT2D eigenvalue weighted by Gasteiger charge is 2.15. The third-order valence-corrected chi connectivity index (χ3v) is 2.46. The Morgan fingerprint density at radius 1 is 1.37 bits per heavy atom. The second-order valence-corrected chi connectivity index (χ2v) is 4.21. The normalized spacial score (nSPS) is 10.5. The predicted molar refractivity (Wildman–Crippen MR) is 68.6 cm³/mol. The van der Waals surface area contributed by atoms with Gasteiger partial charge in [0.25, 0.3) is 0 Å². The van der Waals surface area contributed by atoms with Gasteiger partial charge in [-0.25, -0.2) is 4.39 Å². The van der Waals surface area contributed by atoms with Crippen LogP contribution >= 0.6 is 0 Å². The highest BCUT2D eigenvalue weighted by atomic mass is 19.1. The molecule has 0 radical (unpaired) electrons. The Labute approximate surface area is 111 Å². The molecular formula is C13H17FN2O3. The Bertz CT molecular complexity index is 477. The van der Waals surface area contributed by atoms with Crippen molar-refractivity contribution in [3.63, 3.8) is 0 Å². The van der Waals surface area contributed by atoms with E-state index >= 15 is 0 Å². The van der Waals surface area contributed by atoms with Crippen LogP contribution in [-0.2, 0) is 4.79 Å². The highest BCUT2D eigenvalue weighted by Crippen LogP contribution is 2.18. The SMILES string of the molecule is CCNC(=O)CN(C)CC(=O)c1cc(F)ccc1O. The Morgan fingerprint density at radius 2 is 2.05 bits per heavy atom. The number of amides is 1. The van der Waals surface area contributed by atoms with Gasteiger partial charge in [0.15, 0.2) is 5.78 Å². The summed E-state index contributed by atoms with van der Waals surface area (Å²) < 4.78 is 13.0. The zero-order valence-corrected chi connectivity index (χ0v) is 10.9. The van der Waals surface area contributed by atoms with Gasteiger partial charge < -0.3 is 10.4 Å². The Hall–Kier alpha value is -1.95. The van der Waals surface area contributed by atoms with Crippen LogP contribution in [0, 0.1) is 5.82 Å². The molecule has 0 saturated carbocycles. The van der Waals surface area contributed by atoms with Crippen LogP contribution in [0.15, 0.2) is 18.2 Å². The summed E-state index contributed by atoms with van der Waals surface area (Å²) in [7, 11) is 1.60. The number of ketones is 1. The van der Waals surface area contributed by atoms with Gasteiger partial charge in [-0.1, -0.05) is 0 Å². The van der Waals surface area contributed by atoms with E-state index in [0.29, 0.717) is 6.54 Å². The van der Waals surface area contributed by atoms with Gasteiger partial charge in [0, 0.05) is 6.54 Å². The topological polar surface area (TPSA) is 69.6 Å². The van der Waals surface area contributed by atoms with Crippen molar-refractivity contribution in [2.45, 2.75) is 6.92 Å². The molecule has 1 aromatic carbocycles. The molecule has 0 saturated heterocycles. The average molecular weight is 268 g/mol. The molecule has 0 aliphatic rings. The molecule has 0 unspecified atom stereocenters. The molecule has 0 bridgehead atoms. The monoisotopic (exact) mass is 268 g/mol. The minimum Gasteiger partial charge on any atom is -0.507 e. The van der Waals surface area contributed by atoms with Crippen molar-refractivity contribution >= 4 is 11.7 Å². The molecule has 19 heavy (non-hydrogen) atoms. The zero-order valence-electron chi connectivity index (χ0n) is 10.9. The van der Waals surface area contributed by atoms with E-state index in [2.05, 4.69) is 5.32 Å². The van der Waals surface area contributed by atoms with E-state index in [4.69, 9.17) is 0 Å². The fraction of sp³-hybridized carbons (Fsp3) is 0.385. The number of carbonyl (C=O) groups excluding carboxylic acids is 2. The molecule has 0 aliphatic heterocycles. The van der Waals surface area contributed by atoms with E-state index in [1.165, 1.54) is 4.90 Å². The van der Waals surface area contributed by atoms with E-state index < -0.39 is 11.6 Å². The first-order chi connectivity index (χ1) is 8.93. The predicted octanol–water partition coefficient (Wildman–Crippen LogP) is 0.782. The number of benzene rings is 1. The van der Waals surface area contributed by atoms with E-state index in [-0.39, 0.29) is 30.3 Å². The van der Waals surface area contributed by atoms with Gasteiger partial charge in [0.1, 0.15) is 11.6 Å². The lowest BCUT2D eigenvalue weighted by Crippen LogP contribution is -2.37. The molecular weight excluding hydrogens is 251 g/mol. The molecule has 0 heterocycles. The lowest BCUT2D eigenvalue weighted by molar-refractivity contribution is -0.121. The number of aromatic hydroxyl groups is 1. The van der Waals surface area contributed by atoms with E-state index in [0.717, 1.165) is 18.2 Å². The Morgan fingerprint density at radius 3 is 2.68 bits per heavy atom. The van der Waals surface area contributed by atoms with Gasteiger partial charge in [0.05, 0.1) is 18.7 Å². The number of nitrogens with zero attached hydrogens (tertiary/aromatic N) is 1. The van der Waals surface area contributed by atoms with Gasteiger partial charge in [-0.3, -0.25) is 14.5 Å². The summed E-state index contributed by atoms with van der Waals surface area (Å²) in [6.07, 6.45) is 0. The first-order valence-corrected chi connectivity index (χ1v) is 5.91. The number of phenols is 1. The van der Waals surface area contributed by atoms with Gasteiger partial charge in [-0.15, -0.1) is 0 Å². The van der Waals surface area contributed by atoms with E-state index in [1.807, 2.05) is 0 Å². The number of phenolic OH excluding ortho intramolecular Hbond substituents is 1. The standard InChI is InChI=1S/C13H17FN2O3/c1-3-15-13(19)8-16(2)7-12(18)10-6-9(14)4-5-11(10)17/h4-6,17H,3,7-8H2,1-2H3,(H,15,19). The molecule has 104 valence electrons. The smallest absolute Gasteiger partial charge is 0.234 e. The molecule has 1 aromatic rings. The van der Waals surface area contributed by atoms with Crippen molar-refractivity contribution in [1.29, 1.82) is 0 Å². The third-order valence-electron chi connectivity index (χ3n) is 2.46. The van der Waals surface area contributed by atoms with Crippen molar-refractivity contribution in [1.82, 2.24) is 10.2 Å². The number of hydrogen-bond donors (Lipinski definition) is 2. The van der Waals surface area contributed by atoms with Crippen LogP contribution < -0.4 is 5.32 Å². The molecule has 1 rings (SSSR count). The molecule has 0 spiro atoms. The molecule has 5 nitrogen and oxygen atoms in total. The minimum atomic E-state index is -0.590. The summed E-state index contributed by atoms with van der Waals surface area (Å²) >= 11 is 0. The maximum Gasteiger partial charge on any atom is 0.234 e. The number of rotatable bonds is 6. The summed E-state index contributed by atoms with van der Waals surface area (Å²) in [4.78, 5) is 24.7. The summed E-state index contributed by atoms with van der Waals surface area (Å²) in [6.45, 7) is 2.31. The molecule has 6 heteroatoms. The van der Waals surface area contributed by atoms with Crippen molar-refractivity contribution in [2.24, 2.45) is 0 Å². The lowest BCUT2D eigenvalue weighted by Gasteiger charge is -2.15. The molecule has 0 atom stereocenters. The fourth-order valence-electron chi connectivity index (χ4n) is 1.62. The van der Waals surface area contributed by atoms with Crippen LogP contribution in [0.3, 0.4) is 0 Å². The lowest BCUT2D eigenvalue weighted by atomic mass is 10.1. The highest BCUT2D eigenvalue weighted by molar-refractivity contribution is 6.00. The van der Waals surface area contributed by atoms with Crippen LogP contribution in [0.2, 0.25) is 0 Å². The Balaban J connectivity index is 2.64. The number of hydrogen-bond acceptors (Lipinski definition) is 4. The molecule has 1 amide bonds. The van der Waals surface area contributed by atoms with Crippen molar-refractivity contribution in [3.8, 4) is 5.75 Å². The first kappa shape index (κ1) is 15.1. The van der Waals surface area contributed by atoms with E-state index in [9.17, 15) is 19.1 Å². The minimum absolute atomic E-state index is 0.0651. The molecule has 2 N–H and O–H groups in total.